The molecule has 0 aliphatic rings. The Morgan fingerprint density at radius 3 is 1.32 bits per heavy atom. The number of benzene rings is 4. The van der Waals surface area contributed by atoms with Crippen molar-refractivity contribution in [3.63, 3.8) is 0 Å². The average Bonchev–Trinajstić information content (AvgIpc) is 2.86. The van der Waals surface area contributed by atoms with Gasteiger partial charge in [0.1, 0.15) is 0 Å². The number of hydrogen-bond donors (Lipinski definition) is 0. The van der Waals surface area contributed by atoms with E-state index in [0.717, 1.165) is 15.9 Å². The Labute approximate surface area is 184 Å². The fourth-order valence-corrected chi connectivity index (χ4v) is 10.2. The minimum absolute atomic E-state index is 0.0864. The van der Waals surface area contributed by atoms with Crippen LogP contribution in [0.3, 0.4) is 0 Å². The third-order valence-corrected chi connectivity index (χ3v) is 11.8. The van der Waals surface area contributed by atoms with Gasteiger partial charge in [-0.25, -0.2) is 0 Å². The predicted molar refractivity (Wildman–Crippen MR) is 132 cm³/mol. The molecule has 0 radical (unpaired) electrons. The van der Waals surface area contributed by atoms with E-state index in [-0.39, 0.29) is 11.9 Å². The molecular weight excluding hydrogens is 399 g/mol. The molecule has 4 rings (SSSR count). The number of ketones is 1. The third kappa shape index (κ3) is 3.63. The Morgan fingerprint density at radius 2 is 0.968 bits per heavy atom. The first-order chi connectivity index (χ1) is 15.2. The molecule has 0 aromatic heterocycles. The molecule has 0 N–H and O–H groups in total. The summed E-state index contributed by atoms with van der Waals surface area (Å²) in [6.07, 6.45) is 0.279. The summed E-state index contributed by atoms with van der Waals surface area (Å²) >= 11 is 0. The van der Waals surface area contributed by atoms with Crippen molar-refractivity contribution in [2.24, 2.45) is 0 Å². The molecule has 0 bridgehead atoms. The zero-order valence-corrected chi connectivity index (χ0v) is 18.6. The molecule has 4 aromatic rings. The Morgan fingerprint density at radius 1 is 0.613 bits per heavy atom. The van der Waals surface area contributed by atoms with E-state index in [2.05, 4.69) is 36.4 Å². The van der Waals surface area contributed by atoms with Gasteiger partial charge in [-0.3, -0.25) is 0 Å². The van der Waals surface area contributed by atoms with Gasteiger partial charge in [0, 0.05) is 0 Å². The summed E-state index contributed by atoms with van der Waals surface area (Å²) < 4.78 is 6.98. The molecule has 2 nitrogen and oxygen atoms in total. The molecule has 0 unspecified atom stereocenters. The summed E-state index contributed by atoms with van der Waals surface area (Å²) in [6, 6.07) is 40.5. The van der Waals surface area contributed by atoms with Gasteiger partial charge in [-0.2, -0.15) is 0 Å². The zero-order chi connectivity index (χ0) is 21.6. The first-order valence-corrected chi connectivity index (χ1v) is 13.0. The number of hydrogen-bond acceptors (Lipinski definition) is 2. The van der Waals surface area contributed by atoms with Crippen LogP contribution in [-0.4, -0.2) is 18.6 Å². The molecule has 0 fully saturated rings. The van der Waals surface area contributed by atoms with Crippen molar-refractivity contribution >= 4 is 28.5 Å². The molecule has 0 spiro atoms. The minimum atomic E-state index is -3.59. The van der Waals surface area contributed by atoms with Gasteiger partial charge in [-0.15, -0.1) is 0 Å². The van der Waals surface area contributed by atoms with Crippen molar-refractivity contribution in [2.75, 3.05) is 12.8 Å². The molecule has 0 aliphatic heterocycles. The van der Waals surface area contributed by atoms with Gasteiger partial charge in [0.25, 0.3) is 0 Å². The summed E-state index contributed by atoms with van der Waals surface area (Å²) in [6.45, 7) is -1.07. The summed E-state index contributed by atoms with van der Waals surface area (Å²) in [5.41, 5.74) is 0.707. The second kappa shape index (κ2) is 8.98. The van der Waals surface area contributed by atoms with Crippen molar-refractivity contribution < 1.29 is 9.32 Å². The SMILES string of the molecule is CCOP(CC(=O)c1ccccc1)(c1ccccc1)(c1ccccc1)c1ccccc1. The third-order valence-electron chi connectivity index (χ3n) is 5.86. The predicted octanol–water partition coefficient (Wildman–Crippen LogP) is 5.35. The van der Waals surface area contributed by atoms with Crippen molar-refractivity contribution in [1.82, 2.24) is 0 Å². The van der Waals surface area contributed by atoms with Crippen LogP contribution in [0.2, 0.25) is 0 Å². The van der Waals surface area contributed by atoms with Crippen LogP contribution in [0.4, 0.5) is 0 Å². The number of carbonyl (C=O) groups is 1. The van der Waals surface area contributed by atoms with Crippen molar-refractivity contribution in [3.05, 3.63) is 127 Å². The van der Waals surface area contributed by atoms with Gasteiger partial charge in [0.2, 0.25) is 0 Å². The van der Waals surface area contributed by atoms with E-state index in [1.165, 1.54) is 0 Å². The second-order valence-electron chi connectivity index (χ2n) is 7.58. The molecule has 0 amide bonds. The Balaban J connectivity index is 2.10. The molecule has 0 aliphatic carbocycles. The van der Waals surface area contributed by atoms with Crippen LogP contribution >= 0.6 is 6.83 Å². The number of carbonyl (C=O) groups excluding carboxylic acids is 1. The van der Waals surface area contributed by atoms with Crippen LogP contribution in [0, 0.1) is 0 Å². The van der Waals surface area contributed by atoms with E-state index in [4.69, 9.17) is 4.52 Å². The molecule has 0 atom stereocenters. The van der Waals surface area contributed by atoms with E-state index >= 15 is 0 Å². The normalized spacial score (nSPS) is 12.6. The molecule has 3 heteroatoms. The van der Waals surface area contributed by atoms with E-state index in [0.29, 0.717) is 12.2 Å². The Kier molecular flexibility index (Phi) is 6.13. The van der Waals surface area contributed by atoms with Crippen molar-refractivity contribution in [3.8, 4) is 0 Å². The molecule has 4 aromatic carbocycles. The summed E-state index contributed by atoms with van der Waals surface area (Å²) in [5, 5.41) is 3.20. The molecular formula is C28H27O2P. The van der Waals surface area contributed by atoms with Gasteiger partial charge in [0.15, 0.2) is 0 Å². The van der Waals surface area contributed by atoms with Crippen LogP contribution in [0.25, 0.3) is 0 Å². The fraction of sp³-hybridized carbons (Fsp3) is 0.107. The molecule has 156 valence electrons. The first kappa shape index (κ1) is 21.2. The summed E-state index contributed by atoms with van der Waals surface area (Å²) in [5.74, 6) is 0.0864. The van der Waals surface area contributed by atoms with Gasteiger partial charge < -0.3 is 0 Å². The molecule has 0 saturated carbocycles. The van der Waals surface area contributed by atoms with Gasteiger partial charge in [-0.05, 0) is 0 Å². The fourth-order valence-electron chi connectivity index (χ4n) is 4.49. The zero-order valence-electron chi connectivity index (χ0n) is 17.7. The quantitative estimate of drug-likeness (QED) is 0.280. The van der Waals surface area contributed by atoms with Crippen LogP contribution in [-0.2, 0) is 4.52 Å². The van der Waals surface area contributed by atoms with Crippen molar-refractivity contribution in [1.29, 1.82) is 0 Å². The summed E-state index contributed by atoms with van der Waals surface area (Å²) in [7, 11) is 0. The maximum absolute atomic E-state index is 13.8. The van der Waals surface area contributed by atoms with Crippen LogP contribution in [0.1, 0.15) is 17.3 Å². The van der Waals surface area contributed by atoms with E-state index < -0.39 is 6.83 Å². The van der Waals surface area contributed by atoms with Crippen molar-refractivity contribution in [2.45, 2.75) is 6.92 Å². The van der Waals surface area contributed by atoms with E-state index in [1.807, 2.05) is 91.9 Å². The van der Waals surface area contributed by atoms with E-state index in [9.17, 15) is 4.79 Å². The molecule has 31 heavy (non-hydrogen) atoms. The van der Waals surface area contributed by atoms with Crippen LogP contribution < -0.4 is 15.9 Å². The Bertz CT molecular complexity index is 1030. The monoisotopic (exact) mass is 426 g/mol. The number of Topliss-reactive ketones (excluding diaryl/α,β-unsaturated/α-hetero) is 1. The van der Waals surface area contributed by atoms with E-state index in [1.54, 1.807) is 0 Å². The van der Waals surface area contributed by atoms with Crippen LogP contribution in [0.15, 0.2) is 121 Å². The second-order valence-corrected chi connectivity index (χ2v) is 12.1. The van der Waals surface area contributed by atoms with Gasteiger partial charge >= 0.3 is 184 Å². The van der Waals surface area contributed by atoms with Gasteiger partial charge in [-0.1, -0.05) is 0 Å². The molecule has 0 saturated heterocycles. The first-order valence-electron chi connectivity index (χ1n) is 10.6. The topological polar surface area (TPSA) is 26.3 Å². The molecule has 0 heterocycles. The standard InChI is InChI=1S/C28H27O2P/c1-2-30-31(25-17-9-4-10-18-25,26-19-11-5-12-20-26,27-21-13-6-14-22-27)23-28(29)24-15-7-3-8-16-24/h3-22H,2,23H2,1H3. The van der Waals surface area contributed by atoms with Gasteiger partial charge in [0.05, 0.1) is 0 Å². The maximum atomic E-state index is 13.8. The average molecular weight is 426 g/mol. The number of rotatable bonds is 8. The summed E-state index contributed by atoms with van der Waals surface area (Å²) in [4.78, 5) is 13.8. The van der Waals surface area contributed by atoms with Crippen LogP contribution in [0.5, 0.6) is 0 Å². The Hall–Kier alpha value is -3.06.